The van der Waals surface area contributed by atoms with Crippen molar-refractivity contribution < 1.29 is 17.9 Å². The molecule has 3 nitrogen and oxygen atoms in total. The lowest BCUT2D eigenvalue weighted by Gasteiger charge is -2.36. The fourth-order valence-electron chi connectivity index (χ4n) is 2.76. The first-order chi connectivity index (χ1) is 9.75. The summed E-state index contributed by atoms with van der Waals surface area (Å²) in [5.74, 6) is 0. The summed E-state index contributed by atoms with van der Waals surface area (Å²) in [6.45, 7) is 5.99. The predicted octanol–water partition coefficient (Wildman–Crippen LogP) is 2.81. The first kappa shape index (κ1) is 16.3. The van der Waals surface area contributed by atoms with Crippen LogP contribution in [0.4, 0.5) is 13.2 Å². The van der Waals surface area contributed by atoms with Crippen LogP contribution in [0, 0.1) is 0 Å². The molecular formula is C15H21F3N2O. The molecule has 1 fully saturated rings. The highest BCUT2D eigenvalue weighted by Gasteiger charge is 2.31. The molecule has 1 saturated heterocycles. The molecular weight excluding hydrogens is 281 g/mol. The standard InChI is InChI=1S/C15H21F3N2O/c1-10-7-20(8-11(2)21-10)9-14(19)12-4-3-5-13(6-12)15(16,17)18/h3-6,10-11,14H,7-9,19H2,1-2H3/t10-,11+,14?. The maximum absolute atomic E-state index is 12.7. The minimum absolute atomic E-state index is 0.113. The summed E-state index contributed by atoms with van der Waals surface area (Å²) in [7, 11) is 0. The van der Waals surface area contributed by atoms with Crippen LogP contribution in [0.2, 0.25) is 0 Å². The van der Waals surface area contributed by atoms with E-state index in [-0.39, 0.29) is 12.2 Å². The average molecular weight is 302 g/mol. The molecule has 0 aliphatic carbocycles. The van der Waals surface area contributed by atoms with Crippen LogP contribution in [0.3, 0.4) is 0 Å². The highest BCUT2D eigenvalue weighted by molar-refractivity contribution is 5.28. The lowest BCUT2D eigenvalue weighted by atomic mass is 10.0. The van der Waals surface area contributed by atoms with Crippen molar-refractivity contribution in [3.8, 4) is 0 Å². The summed E-state index contributed by atoms with van der Waals surface area (Å²) < 4.78 is 43.8. The van der Waals surface area contributed by atoms with Gasteiger partial charge in [0.05, 0.1) is 17.8 Å². The smallest absolute Gasteiger partial charge is 0.373 e. The largest absolute Gasteiger partial charge is 0.416 e. The van der Waals surface area contributed by atoms with Crippen LogP contribution in [0.1, 0.15) is 31.0 Å². The second-order valence-electron chi connectivity index (χ2n) is 5.71. The number of halogens is 3. The Morgan fingerprint density at radius 3 is 2.48 bits per heavy atom. The lowest BCUT2D eigenvalue weighted by molar-refractivity contribution is -0.137. The number of alkyl halides is 3. The van der Waals surface area contributed by atoms with E-state index in [1.54, 1.807) is 6.07 Å². The molecule has 1 aliphatic rings. The zero-order valence-electron chi connectivity index (χ0n) is 12.2. The molecule has 1 aromatic carbocycles. The summed E-state index contributed by atoms with van der Waals surface area (Å²) in [4.78, 5) is 2.14. The monoisotopic (exact) mass is 302 g/mol. The zero-order valence-corrected chi connectivity index (χ0v) is 12.2. The fraction of sp³-hybridized carbons (Fsp3) is 0.600. The number of morpholine rings is 1. The predicted molar refractivity (Wildman–Crippen MR) is 74.8 cm³/mol. The molecule has 1 aromatic rings. The minimum Gasteiger partial charge on any atom is -0.373 e. The maximum Gasteiger partial charge on any atom is 0.416 e. The Balaban J connectivity index is 2.05. The van der Waals surface area contributed by atoms with Gasteiger partial charge in [-0.3, -0.25) is 4.90 Å². The molecule has 1 heterocycles. The lowest BCUT2D eigenvalue weighted by Crippen LogP contribution is -2.47. The van der Waals surface area contributed by atoms with Crippen molar-refractivity contribution in [2.24, 2.45) is 5.73 Å². The summed E-state index contributed by atoms with van der Waals surface area (Å²) >= 11 is 0. The normalized spacial score (nSPS) is 25.8. The second-order valence-corrected chi connectivity index (χ2v) is 5.71. The van der Waals surface area contributed by atoms with Gasteiger partial charge in [0.2, 0.25) is 0 Å². The average Bonchev–Trinajstić information content (AvgIpc) is 2.36. The van der Waals surface area contributed by atoms with Crippen molar-refractivity contribution in [3.05, 3.63) is 35.4 Å². The Bertz CT molecular complexity index is 468. The van der Waals surface area contributed by atoms with Crippen molar-refractivity contribution in [3.63, 3.8) is 0 Å². The third kappa shape index (κ3) is 4.43. The second kappa shape index (κ2) is 6.34. The van der Waals surface area contributed by atoms with E-state index in [0.29, 0.717) is 12.1 Å². The van der Waals surface area contributed by atoms with Gasteiger partial charge < -0.3 is 10.5 Å². The Kier molecular flexibility index (Phi) is 4.91. The highest BCUT2D eigenvalue weighted by Crippen LogP contribution is 2.30. The molecule has 3 atom stereocenters. The van der Waals surface area contributed by atoms with Crippen molar-refractivity contribution in [1.29, 1.82) is 0 Å². The van der Waals surface area contributed by atoms with Crippen molar-refractivity contribution in [1.82, 2.24) is 4.90 Å². The Labute approximate surface area is 122 Å². The van der Waals surface area contributed by atoms with Crippen molar-refractivity contribution in [2.45, 2.75) is 38.3 Å². The van der Waals surface area contributed by atoms with Gasteiger partial charge in [-0.25, -0.2) is 0 Å². The third-order valence-corrected chi connectivity index (χ3v) is 3.59. The van der Waals surface area contributed by atoms with Crippen LogP contribution >= 0.6 is 0 Å². The van der Waals surface area contributed by atoms with Crippen LogP contribution in [0.5, 0.6) is 0 Å². The molecule has 2 rings (SSSR count). The molecule has 0 aromatic heterocycles. The molecule has 0 saturated carbocycles. The van der Waals surface area contributed by atoms with E-state index in [2.05, 4.69) is 4.90 Å². The van der Waals surface area contributed by atoms with Gasteiger partial charge in [-0.2, -0.15) is 13.2 Å². The minimum atomic E-state index is -4.34. The molecule has 0 radical (unpaired) electrons. The van der Waals surface area contributed by atoms with E-state index in [0.717, 1.165) is 25.2 Å². The van der Waals surface area contributed by atoms with E-state index in [1.165, 1.54) is 6.07 Å². The highest BCUT2D eigenvalue weighted by atomic mass is 19.4. The Morgan fingerprint density at radius 1 is 1.29 bits per heavy atom. The van der Waals surface area contributed by atoms with E-state index < -0.39 is 17.8 Å². The summed E-state index contributed by atoms with van der Waals surface area (Å²) in [6, 6.07) is 4.81. The molecule has 0 amide bonds. The topological polar surface area (TPSA) is 38.5 Å². The van der Waals surface area contributed by atoms with Gasteiger partial charge >= 0.3 is 6.18 Å². The maximum atomic E-state index is 12.7. The summed E-state index contributed by atoms with van der Waals surface area (Å²) in [5, 5.41) is 0. The molecule has 1 unspecified atom stereocenters. The van der Waals surface area contributed by atoms with Gasteiger partial charge in [0.15, 0.2) is 0 Å². The van der Waals surface area contributed by atoms with E-state index in [1.807, 2.05) is 13.8 Å². The SMILES string of the molecule is C[C@@H]1CN(CC(N)c2cccc(C(F)(F)F)c2)C[C@H](C)O1. The molecule has 6 heteroatoms. The number of hydrogen-bond donors (Lipinski definition) is 1. The first-order valence-electron chi connectivity index (χ1n) is 7.06. The van der Waals surface area contributed by atoms with Crippen molar-refractivity contribution in [2.75, 3.05) is 19.6 Å². The summed E-state index contributed by atoms with van der Waals surface area (Å²) in [6.07, 6.45) is -4.11. The van der Waals surface area contributed by atoms with E-state index in [9.17, 15) is 13.2 Å². The van der Waals surface area contributed by atoms with Crippen LogP contribution in [0.25, 0.3) is 0 Å². The molecule has 0 spiro atoms. The van der Waals surface area contributed by atoms with Gasteiger partial charge in [0.1, 0.15) is 0 Å². The molecule has 21 heavy (non-hydrogen) atoms. The van der Waals surface area contributed by atoms with Crippen molar-refractivity contribution >= 4 is 0 Å². The molecule has 2 N–H and O–H groups in total. The van der Waals surface area contributed by atoms with Crippen LogP contribution in [0.15, 0.2) is 24.3 Å². The van der Waals surface area contributed by atoms with Gasteiger partial charge in [-0.05, 0) is 31.5 Å². The third-order valence-electron chi connectivity index (χ3n) is 3.59. The molecule has 0 bridgehead atoms. The van der Waals surface area contributed by atoms with Gasteiger partial charge in [0.25, 0.3) is 0 Å². The summed E-state index contributed by atoms with van der Waals surface area (Å²) in [5.41, 5.74) is 5.94. The number of nitrogens with zero attached hydrogens (tertiary/aromatic N) is 1. The van der Waals surface area contributed by atoms with Crippen LogP contribution in [-0.4, -0.2) is 36.7 Å². The van der Waals surface area contributed by atoms with Gasteiger partial charge in [-0.15, -0.1) is 0 Å². The Hall–Kier alpha value is -1.11. The fourth-order valence-corrected chi connectivity index (χ4v) is 2.76. The number of ether oxygens (including phenoxy) is 1. The van der Waals surface area contributed by atoms with E-state index in [4.69, 9.17) is 10.5 Å². The quantitative estimate of drug-likeness (QED) is 0.933. The number of nitrogens with two attached hydrogens (primary N) is 1. The first-order valence-corrected chi connectivity index (χ1v) is 7.06. The molecule has 118 valence electrons. The van der Waals surface area contributed by atoms with Crippen LogP contribution < -0.4 is 5.73 Å². The molecule has 1 aliphatic heterocycles. The zero-order chi connectivity index (χ0) is 15.6. The van der Waals surface area contributed by atoms with E-state index >= 15 is 0 Å². The Morgan fingerprint density at radius 2 is 1.90 bits per heavy atom. The number of rotatable bonds is 3. The van der Waals surface area contributed by atoms with Crippen LogP contribution in [-0.2, 0) is 10.9 Å². The van der Waals surface area contributed by atoms with Gasteiger partial charge in [0, 0.05) is 25.7 Å². The van der Waals surface area contributed by atoms with Gasteiger partial charge in [-0.1, -0.05) is 12.1 Å². The number of hydrogen-bond acceptors (Lipinski definition) is 3. The number of benzene rings is 1.